The van der Waals surface area contributed by atoms with Gasteiger partial charge in [-0.25, -0.2) is 0 Å². The third-order valence-electron chi connectivity index (χ3n) is 3.55. The van der Waals surface area contributed by atoms with Crippen molar-refractivity contribution in [2.24, 2.45) is 5.92 Å². The Morgan fingerprint density at radius 3 is 2.42 bits per heavy atom. The molecule has 3 N–H and O–H groups in total. The van der Waals surface area contributed by atoms with Gasteiger partial charge in [0.1, 0.15) is 5.75 Å². The number of likely N-dealkylation sites (tertiary alicyclic amines) is 1. The highest BCUT2D eigenvalue weighted by Crippen LogP contribution is 2.34. The van der Waals surface area contributed by atoms with Crippen molar-refractivity contribution in [3.63, 3.8) is 0 Å². The molecule has 0 aromatic heterocycles. The summed E-state index contributed by atoms with van der Waals surface area (Å²) in [6.45, 7) is 1.44. The quantitative estimate of drug-likeness (QED) is 0.644. The van der Waals surface area contributed by atoms with Gasteiger partial charge in [-0.15, -0.1) is 0 Å². The number of anilines is 1. The van der Waals surface area contributed by atoms with Gasteiger partial charge in [-0.3, -0.25) is 4.90 Å². The van der Waals surface area contributed by atoms with Gasteiger partial charge >= 0.3 is 6.18 Å². The highest BCUT2D eigenvalue weighted by molar-refractivity contribution is 5.53. The van der Waals surface area contributed by atoms with Crippen LogP contribution in [0.25, 0.3) is 0 Å². The van der Waals surface area contributed by atoms with E-state index in [0.29, 0.717) is 25.3 Å². The smallest absolute Gasteiger partial charge is 0.391 e. The Hall–Kier alpha value is -1.43. The van der Waals surface area contributed by atoms with Crippen molar-refractivity contribution in [2.75, 3.05) is 18.8 Å². The van der Waals surface area contributed by atoms with Crippen LogP contribution in [0.3, 0.4) is 0 Å². The van der Waals surface area contributed by atoms with Crippen LogP contribution in [0.2, 0.25) is 0 Å². The Bertz CT molecular complexity index is 440. The predicted molar refractivity (Wildman–Crippen MR) is 66.6 cm³/mol. The minimum absolute atomic E-state index is 0.0273. The molecule has 3 nitrogen and oxygen atoms in total. The van der Waals surface area contributed by atoms with Gasteiger partial charge in [0.15, 0.2) is 0 Å². The first-order chi connectivity index (χ1) is 8.86. The summed E-state index contributed by atoms with van der Waals surface area (Å²) >= 11 is 0. The van der Waals surface area contributed by atoms with Gasteiger partial charge in [-0.05, 0) is 43.6 Å². The molecule has 6 heteroatoms. The zero-order valence-electron chi connectivity index (χ0n) is 10.5. The fourth-order valence-corrected chi connectivity index (χ4v) is 2.38. The van der Waals surface area contributed by atoms with Crippen molar-refractivity contribution >= 4 is 5.69 Å². The summed E-state index contributed by atoms with van der Waals surface area (Å²) in [4.78, 5) is 1.98. The normalized spacial score (nSPS) is 18.7. The summed E-state index contributed by atoms with van der Waals surface area (Å²) in [5.74, 6) is -1.15. The summed E-state index contributed by atoms with van der Waals surface area (Å²) in [5.41, 5.74) is 6.79. The van der Waals surface area contributed by atoms with E-state index in [1.54, 1.807) is 12.1 Å². The molecule has 0 bridgehead atoms. The van der Waals surface area contributed by atoms with Crippen LogP contribution in [-0.2, 0) is 6.54 Å². The molecule has 0 saturated carbocycles. The average Bonchev–Trinajstić information content (AvgIpc) is 2.33. The van der Waals surface area contributed by atoms with Crippen LogP contribution in [0.1, 0.15) is 18.4 Å². The number of phenols is 1. The molecule has 0 amide bonds. The van der Waals surface area contributed by atoms with Crippen LogP contribution in [0.4, 0.5) is 18.9 Å². The fraction of sp³-hybridized carbons (Fsp3) is 0.538. The Morgan fingerprint density at radius 1 is 1.26 bits per heavy atom. The number of hydrogen-bond acceptors (Lipinski definition) is 3. The Labute approximate surface area is 109 Å². The molecule has 1 fully saturated rings. The number of benzene rings is 1. The topological polar surface area (TPSA) is 49.5 Å². The molecule has 1 aliphatic heterocycles. The van der Waals surface area contributed by atoms with Crippen LogP contribution < -0.4 is 5.73 Å². The molecule has 1 aromatic rings. The van der Waals surface area contributed by atoms with Crippen LogP contribution in [0, 0.1) is 5.92 Å². The number of aromatic hydroxyl groups is 1. The van der Waals surface area contributed by atoms with Crippen LogP contribution in [0.15, 0.2) is 18.2 Å². The molecule has 19 heavy (non-hydrogen) atoms. The molecule has 1 saturated heterocycles. The lowest BCUT2D eigenvalue weighted by atomic mass is 9.96. The lowest BCUT2D eigenvalue weighted by Gasteiger charge is -2.32. The Morgan fingerprint density at radius 2 is 1.89 bits per heavy atom. The molecular weight excluding hydrogens is 257 g/mol. The fourth-order valence-electron chi connectivity index (χ4n) is 2.38. The number of halogens is 3. The van der Waals surface area contributed by atoms with E-state index in [9.17, 15) is 18.3 Å². The highest BCUT2D eigenvalue weighted by atomic mass is 19.4. The van der Waals surface area contributed by atoms with E-state index in [2.05, 4.69) is 0 Å². The van der Waals surface area contributed by atoms with Crippen molar-refractivity contribution in [3.8, 4) is 5.75 Å². The molecule has 0 spiro atoms. The van der Waals surface area contributed by atoms with Gasteiger partial charge in [0, 0.05) is 6.54 Å². The lowest BCUT2D eigenvalue weighted by Crippen LogP contribution is -2.38. The molecule has 106 valence electrons. The Kier molecular flexibility index (Phi) is 3.89. The largest absolute Gasteiger partial charge is 0.506 e. The summed E-state index contributed by atoms with van der Waals surface area (Å²) in [6, 6.07) is 4.90. The Balaban J connectivity index is 1.90. The lowest BCUT2D eigenvalue weighted by molar-refractivity contribution is -0.185. The first-order valence-corrected chi connectivity index (χ1v) is 6.22. The highest BCUT2D eigenvalue weighted by Gasteiger charge is 2.40. The van der Waals surface area contributed by atoms with Crippen molar-refractivity contribution in [2.45, 2.75) is 25.6 Å². The first-order valence-electron chi connectivity index (χ1n) is 6.22. The number of alkyl halides is 3. The van der Waals surface area contributed by atoms with E-state index < -0.39 is 12.1 Å². The molecule has 1 heterocycles. The van der Waals surface area contributed by atoms with Crippen molar-refractivity contribution in [1.82, 2.24) is 4.90 Å². The maximum atomic E-state index is 12.5. The van der Waals surface area contributed by atoms with E-state index in [1.807, 2.05) is 4.90 Å². The predicted octanol–water partition coefficient (Wildman–Crippen LogP) is 2.75. The maximum absolute atomic E-state index is 12.5. The van der Waals surface area contributed by atoms with Crippen molar-refractivity contribution in [3.05, 3.63) is 23.8 Å². The van der Waals surface area contributed by atoms with Crippen molar-refractivity contribution in [1.29, 1.82) is 0 Å². The third-order valence-corrected chi connectivity index (χ3v) is 3.55. The first kappa shape index (κ1) is 14.0. The van der Waals surface area contributed by atoms with Gasteiger partial charge < -0.3 is 10.8 Å². The molecular formula is C13H17F3N2O. The summed E-state index contributed by atoms with van der Waals surface area (Å²) < 4.78 is 37.6. The number of rotatable bonds is 2. The van der Waals surface area contributed by atoms with E-state index >= 15 is 0 Å². The molecule has 0 aliphatic carbocycles. The monoisotopic (exact) mass is 274 g/mol. The molecule has 2 rings (SSSR count). The number of phenolic OH excluding ortho intramolecular Hbond substituents is 1. The second-order valence-electron chi connectivity index (χ2n) is 4.99. The second-order valence-corrected chi connectivity index (χ2v) is 4.99. The van der Waals surface area contributed by atoms with Gasteiger partial charge in [-0.2, -0.15) is 13.2 Å². The molecule has 0 radical (unpaired) electrons. The number of nitrogens with two attached hydrogens (primary N) is 1. The van der Waals surface area contributed by atoms with Gasteiger partial charge in [0.05, 0.1) is 11.6 Å². The van der Waals surface area contributed by atoms with Gasteiger partial charge in [-0.1, -0.05) is 6.07 Å². The van der Waals surface area contributed by atoms with Crippen LogP contribution >= 0.6 is 0 Å². The standard InChI is InChI=1S/C13H17F3N2O/c14-13(15,16)10-3-5-18(6-4-10)8-9-1-2-12(19)11(17)7-9/h1-2,7,10,19H,3-6,8,17H2. The molecule has 0 atom stereocenters. The number of nitrogens with zero attached hydrogens (tertiary/aromatic N) is 1. The SMILES string of the molecule is Nc1cc(CN2CCC(C(F)(F)F)CC2)ccc1O. The van der Waals surface area contributed by atoms with Gasteiger partial charge in [0.2, 0.25) is 0 Å². The van der Waals surface area contributed by atoms with E-state index in [4.69, 9.17) is 5.73 Å². The summed E-state index contributed by atoms with van der Waals surface area (Å²) in [7, 11) is 0. The molecule has 1 aromatic carbocycles. The summed E-state index contributed by atoms with van der Waals surface area (Å²) in [6.07, 6.45) is -3.77. The van der Waals surface area contributed by atoms with E-state index in [-0.39, 0.29) is 18.6 Å². The second kappa shape index (κ2) is 5.28. The number of nitrogen functional groups attached to an aromatic ring is 1. The van der Waals surface area contributed by atoms with Crippen molar-refractivity contribution < 1.29 is 18.3 Å². The minimum atomic E-state index is -4.07. The van der Waals surface area contributed by atoms with Crippen LogP contribution in [-0.4, -0.2) is 29.3 Å². The number of piperidine rings is 1. The zero-order chi connectivity index (χ0) is 14.0. The minimum Gasteiger partial charge on any atom is -0.506 e. The molecule has 0 unspecified atom stereocenters. The number of hydrogen-bond donors (Lipinski definition) is 2. The van der Waals surface area contributed by atoms with Gasteiger partial charge in [0.25, 0.3) is 0 Å². The maximum Gasteiger partial charge on any atom is 0.391 e. The zero-order valence-corrected chi connectivity index (χ0v) is 10.5. The van der Waals surface area contributed by atoms with Crippen LogP contribution in [0.5, 0.6) is 5.75 Å². The summed E-state index contributed by atoms with van der Waals surface area (Å²) in [5, 5.41) is 9.31. The molecule has 1 aliphatic rings. The van der Waals surface area contributed by atoms with E-state index in [1.165, 1.54) is 6.07 Å². The van der Waals surface area contributed by atoms with E-state index in [0.717, 1.165) is 5.56 Å². The average molecular weight is 274 g/mol. The third kappa shape index (κ3) is 3.53.